The van der Waals surface area contributed by atoms with E-state index in [-0.39, 0.29) is 11.7 Å². The molecule has 1 N–H and O–H groups in total. The van der Waals surface area contributed by atoms with Crippen LogP contribution >= 0.6 is 34.4 Å². The summed E-state index contributed by atoms with van der Waals surface area (Å²) in [5, 5.41) is 7.47. The molecule has 0 saturated carbocycles. The van der Waals surface area contributed by atoms with Crippen LogP contribution in [-0.2, 0) is 4.79 Å². The van der Waals surface area contributed by atoms with Gasteiger partial charge < -0.3 is 5.32 Å². The summed E-state index contributed by atoms with van der Waals surface area (Å²) in [5.74, 6) is 0.157. The molecular weight excluding hydrogens is 444 g/mol. The third kappa shape index (κ3) is 4.19. The average Bonchev–Trinajstić information content (AvgIpc) is 3.36. The van der Waals surface area contributed by atoms with E-state index in [9.17, 15) is 4.79 Å². The maximum Gasteiger partial charge on any atom is 0.236 e. The van der Waals surface area contributed by atoms with Crippen LogP contribution in [0, 0.1) is 13.8 Å². The summed E-state index contributed by atoms with van der Waals surface area (Å²) in [4.78, 5) is 26.9. The molecule has 0 atom stereocenters. The predicted molar refractivity (Wildman–Crippen MR) is 131 cm³/mol. The molecule has 0 aliphatic heterocycles. The van der Waals surface area contributed by atoms with Crippen LogP contribution in [0.2, 0.25) is 0 Å². The molecule has 0 spiro atoms. The van der Waals surface area contributed by atoms with Crippen LogP contribution in [0.1, 0.15) is 11.1 Å². The number of fused-ring (bicyclic) bond motifs is 2. The van der Waals surface area contributed by atoms with Crippen LogP contribution in [0.25, 0.3) is 31.6 Å². The predicted octanol–water partition coefficient (Wildman–Crippen LogP) is 6.32. The lowest BCUT2D eigenvalue weighted by Crippen LogP contribution is -2.13. The highest BCUT2D eigenvalue weighted by Crippen LogP contribution is 2.38. The first-order valence-electron chi connectivity index (χ1n) is 9.66. The Morgan fingerprint density at radius 3 is 2.71 bits per heavy atom. The molecule has 5 rings (SSSR count). The van der Waals surface area contributed by atoms with Crippen LogP contribution < -0.4 is 5.32 Å². The Bertz CT molecular complexity index is 1410. The molecule has 1 amide bonds. The van der Waals surface area contributed by atoms with E-state index in [1.165, 1.54) is 28.7 Å². The number of amides is 1. The van der Waals surface area contributed by atoms with Crippen molar-refractivity contribution in [1.82, 2.24) is 15.0 Å². The monoisotopic (exact) mass is 462 g/mol. The number of thiophene rings is 1. The largest absolute Gasteiger partial charge is 0.301 e. The molecule has 0 aliphatic rings. The van der Waals surface area contributed by atoms with Gasteiger partial charge in [-0.15, -0.1) is 11.3 Å². The van der Waals surface area contributed by atoms with Crippen molar-refractivity contribution in [1.29, 1.82) is 0 Å². The fourth-order valence-electron chi connectivity index (χ4n) is 3.28. The number of rotatable bonds is 5. The first-order valence-corrected chi connectivity index (χ1v) is 12.3. The van der Waals surface area contributed by atoms with E-state index in [0.717, 1.165) is 42.1 Å². The maximum atomic E-state index is 12.6. The minimum absolute atomic E-state index is 0.0975. The Morgan fingerprint density at radius 1 is 1.06 bits per heavy atom. The second-order valence-corrected chi connectivity index (χ2v) is 10.1. The molecule has 0 saturated heterocycles. The van der Waals surface area contributed by atoms with Crippen molar-refractivity contribution in [3.8, 4) is 11.1 Å². The zero-order valence-corrected chi connectivity index (χ0v) is 19.3. The van der Waals surface area contributed by atoms with Gasteiger partial charge in [-0.3, -0.25) is 4.79 Å². The van der Waals surface area contributed by atoms with Gasteiger partial charge >= 0.3 is 0 Å². The van der Waals surface area contributed by atoms with E-state index < -0.39 is 0 Å². The molecule has 2 aromatic carbocycles. The van der Waals surface area contributed by atoms with Crippen LogP contribution in [0.15, 0.2) is 59.2 Å². The van der Waals surface area contributed by atoms with Gasteiger partial charge in [0.2, 0.25) is 5.91 Å². The fraction of sp³-hybridized carbons (Fsp3) is 0.130. The Balaban J connectivity index is 1.35. The van der Waals surface area contributed by atoms with Gasteiger partial charge in [0.15, 0.2) is 5.13 Å². The lowest BCUT2D eigenvalue weighted by atomic mass is 10.1. The number of aryl methyl sites for hydroxylation is 2. The third-order valence-electron chi connectivity index (χ3n) is 4.83. The van der Waals surface area contributed by atoms with Crippen molar-refractivity contribution in [2.75, 3.05) is 11.1 Å². The molecule has 0 radical (unpaired) electrons. The summed E-state index contributed by atoms with van der Waals surface area (Å²) in [7, 11) is 0. The normalized spacial score (nSPS) is 11.3. The van der Waals surface area contributed by atoms with Crippen molar-refractivity contribution < 1.29 is 4.79 Å². The summed E-state index contributed by atoms with van der Waals surface area (Å²) >= 11 is 4.50. The van der Waals surface area contributed by atoms with E-state index in [0.29, 0.717) is 5.13 Å². The number of thiazole rings is 1. The topological polar surface area (TPSA) is 67.8 Å². The minimum atomic E-state index is -0.0975. The van der Waals surface area contributed by atoms with Gasteiger partial charge in [0, 0.05) is 10.9 Å². The number of aromatic nitrogens is 3. The molecule has 0 fully saturated rings. The quantitative estimate of drug-likeness (QED) is 0.245. The van der Waals surface area contributed by atoms with Gasteiger partial charge in [0.1, 0.15) is 16.2 Å². The first kappa shape index (κ1) is 20.1. The fourth-order valence-corrected chi connectivity index (χ4v) is 5.94. The summed E-state index contributed by atoms with van der Waals surface area (Å²) < 4.78 is 1.06. The number of hydrogen-bond acceptors (Lipinski definition) is 7. The Hall–Kier alpha value is -2.81. The Kier molecular flexibility index (Phi) is 5.43. The number of benzene rings is 2. The molecule has 8 heteroatoms. The van der Waals surface area contributed by atoms with E-state index >= 15 is 0 Å². The lowest BCUT2D eigenvalue weighted by molar-refractivity contribution is -0.113. The van der Waals surface area contributed by atoms with Crippen LogP contribution in [0.5, 0.6) is 0 Å². The van der Waals surface area contributed by atoms with E-state index in [1.807, 2.05) is 19.1 Å². The van der Waals surface area contributed by atoms with Crippen molar-refractivity contribution in [2.45, 2.75) is 18.9 Å². The van der Waals surface area contributed by atoms with Crippen LogP contribution in [0.4, 0.5) is 5.13 Å². The van der Waals surface area contributed by atoms with E-state index in [4.69, 9.17) is 0 Å². The van der Waals surface area contributed by atoms with Gasteiger partial charge in [0.05, 0.1) is 21.4 Å². The zero-order chi connectivity index (χ0) is 21.4. The molecule has 3 heterocycles. The number of carbonyl (C=O) groups excluding carboxylic acids is 1. The van der Waals surface area contributed by atoms with Gasteiger partial charge in [0.25, 0.3) is 0 Å². The molecule has 3 aromatic heterocycles. The smallest absolute Gasteiger partial charge is 0.236 e. The first-order chi connectivity index (χ1) is 15.1. The summed E-state index contributed by atoms with van der Waals surface area (Å²) in [6, 6.07) is 14.5. The second kappa shape index (κ2) is 8.37. The average molecular weight is 463 g/mol. The van der Waals surface area contributed by atoms with Crippen molar-refractivity contribution in [3.63, 3.8) is 0 Å². The summed E-state index contributed by atoms with van der Waals surface area (Å²) in [6.07, 6.45) is 1.56. The standard InChI is InChI=1S/C23H18N4OS3/c1-13-3-6-15(7-4-13)16-10-29-21-20(16)22(25-12-24-21)30-11-19(28)27-23-26-17-9-14(2)5-8-18(17)31-23/h3-10,12H,11H2,1-2H3,(H,26,27,28). The van der Waals surface area contributed by atoms with Crippen LogP contribution in [0.3, 0.4) is 0 Å². The van der Waals surface area contributed by atoms with Crippen LogP contribution in [-0.4, -0.2) is 26.6 Å². The third-order valence-corrected chi connectivity index (χ3v) is 7.66. The molecule has 154 valence electrons. The molecular formula is C23H18N4OS3. The highest BCUT2D eigenvalue weighted by atomic mass is 32.2. The van der Waals surface area contributed by atoms with Gasteiger partial charge in [-0.05, 0) is 37.1 Å². The Labute approximate surface area is 191 Å². The van der Waals surface area contributed by atoms with Crippen molar-refractivity contribution in [2.24, 2.45) is 0 Å². The highest BCUT2D eigenvalue weighted by Gasteiger charge is 2.15. The Morgan fingerprint density at radius 2 is 1.87 bits per heavy atom. The SMILES string of the molecule is Cc1ccc(-c2csc3ncnc(SCC(=O)Nc4nc5cc(C)ccc5s4)c23)cc1. The van der Waals surface area contributed by atoms with E-state index in [1.54, 1.807) is 17.7 Å². The zero-order valence-electron chi connectivity index (χ0n) is 16.9. The van der Waals surface area contributed by atoms with Gasteiger partial charge in [-0.25, -0.2) is 15.0 Å². The maximum absolute atomic E-state index is 12.6. The second-order valence-electron chi connectivity index (χ2n) is 7.20. The number of nitrogens with one attached hydrogen (secondary N) is 1. The van der Waals surface area contributed by atoms with Gasteiger partial charge in [-0.1, -0.05) is 59.0 Å². The number of carbonyl (C=O) groups is 1. The summed E-state index contributed by atoms with van der Waals surface area (Å²) in [5.41, 5.74) is 5.51. The van der Waals surface area contributed by atoms with Crippen molar-refractivity contribution in [3.05, 3.63) is 65.3 Å². The lowest BCUT2D eigenvalue weighted by Gasteiger charge is -2.06. The molecule has 0 unspecified atom stereocenters. The van der Waals surface area contributed by atoms with E-state index in [2.05, 4.69) is 62.9 Å². The highest BCUT2D eigenvalue weighted by molar-refractivity contribution is 8.00. The molecule has 5 nitrogen and oxygen atoms in total. The molecule has 0 bridgehead atoms. The number of nitrogens with zero attached hydrogens (tertiary/aromatic N) is 3. The van der Waals surface area contributed by atoms with Crippen molar-refractivity contribution >= 4 is 65.9 Å². The number of thioether (sulfide) groups is 1. The molecule has 5 aromatic rings. The summed E-state index contributed by atoms with van der Waals surface area (Å²) in [6.45, 7) is 4.11. The van der Waals surface area contributed by atoms with Gasteiger partial charge in [-0.2, -0.15) is 0 Å². The minimum Gasteiger partial charge on any atom is -0.301 e. The number of hydrogen-bond donors (Lipinski definition) is 1. The number of anilines is 1. The molecule has 0 aliphatic carbocycles. The molecule has 31 heavy (non-hydrogen) atoms.